The second kappa shape index (κ2) is 10.8. The van der Waals surface area contributed by atoms with Crippen molar-refractivity contribution in [3.8, 4) is 0 Å². The van der Waals surface area contributed by atoms with E-state index in [9.17, 15) is 4.79 Å². The number of ether oxygens (including phenoxy) is 1. The van der Waals surface area contributed by atoms with Crippen LogP contribution < -0.4 is 5.32 Å². The molecule has 5 nitrogen and oxygen atoms in total. The van der Waals surface area contributed by atoms with Crippen LogP contribution in [0.4, 0.5) is 10.5 Å². The molecular formula is C22H27Cl2N3O2. The number of urea groups is 1. The Kier molecular flexibility index (Phi) is 8.19. The third-order valence-electron chi connectivity index (χ3n) is 4.96. The molecule has 2 aromatic rings. The van der Waals surface area contributed by atoms with Crippen LogP contribution in [0.5, 0.6) is 0 Å². The maximum atomic E-state index is 13.0. The Labute approximate surface area is 182 Å². The Hall–Kier alpha value is -1.79. The zero-order valence-electron chi connectivity index (χ0n) is 16.7. The van der Waals surface area contributed by atoms with Crippen LogP contribution in [0.1, 0.15) is 17.5 Å². The number of morpholine rings is 1. The lowest BCUT2D eigenvalue weighted by molar-refractivity contribution is 0.0365. The first-order valence-electron chi connectivity index (χ1n) is 9.88. The summed E-state index contributed by atoms with van der Waals surface area (Å²) in [4.78, 5) is 17.2. The van der Waals surface area contributed by atoms with E-state index in [-0.39, 0.29) is 6.03 Å². The van der Waals surface area contributed by atoms with E-state index in [0.29, 0.717) is 28.8 Å². The molecule has 1 heterocycles. The molecule has 0 saturated carbocycles. The molecule has 1 fully saturated rings. The van der Waals surface area contributed by atoms with E-state index >= 15 is 0 Å². The van der Waals surface area contributed by atoms with E-state index in [2.05, 4.69) is 41.4 Å². The fraction of sp³-hybridized carbons (Fsp3) is 0.409. The number of carbonyl (C=O) groups is 1. The normalized spacial score (nSPS) is 14.6. The molecule has 1 saturated heterocycles. The molecule has 1 aliphatic heterocycles. The van der Waals surface area contributed by atoms with E-state index in [1.807, 2.05) is 4.90 Å². The molecule has 0 radical (unpaired) electrons. The van der Waals surface area contributed by atoms with Crippen LogP contribution in [0, 0.1) is 6.92 Å². The number of nitrogens with zero attached hydrogens (tertiary/aromatic N) is 2. The second-order valence-electron chi connectivity index (χ2n) is 7.27. The molecular weight excluding hydrogens is 409 g/mol. The maximum Gasteiger partial charge on any atom is 0.322 e. The van der Waals surface area contributed by atoms with Crippen molar-refractivity contribution in [2.75, 3.05) is 44.7 Å². The summed E-state index contributed by atoms with van der Waals surface area (Å²) in [6.45, 7) is 7.66. The third-order valence-corrected chi connectivity index (χ3v) is 5.51. The standard InChI is InChI=1S/C22H27Cl2N3O2/c1-17-3-5-18(6-4-17)16-27(10-2-9-26-11-13-29-14-12-26)22(28)25-21-8-7-19(23)15-20(21)24/h3-8,15H,2,9-14,16H2,1H3,(H,25,28). The molecule has 0 spiro atoms. The highest BCUT2D eigenvalue weighted by atomic mass is 35.5. The quantitative estimate of drug-likeness (QED) is 0.660. The SMILES string of the molecule is Cc1ccc(CN(CCCN2CCOCC2)C(=O)Nc2ccc(Cl)cc2Cl)cc1. The predicted molar refractivity (Wildman–Crippen MR) is 119 cm³/mol. The van der Waals surface area contributed by atoms with Gasteiger partial charge in [-0.15, -0.1) is 0 Å². The van der Waals surface area contributed by atoms with Gasteiger partial charge in [-0.3, -0.25) is 4.90 Å². The van der Waals surface area contributed by atoms with Crippen LogP contribution in [0.2, 0.25) is 10.0 Å². The van der Waals surface area contributed by atoms with Gasteiger partial charge in [0.05, 0.1) is 23.9 Å². The lowest BCUT2D eigenvalue weighted by Crippen LogP contribution is -2.40. The Morgan fingerprint density at radius 2 is 1.86 bits per heavy atom. The summed E-state index contributed by atoms with van der Waals surface area (Å²) < 4.78 is 5.40. The van der Waals surface area contributed by atoms with Crippen molar-refractivity contribution >= 4 is 34.9 Å². The van der Waals surface area contributed by atoms with Crippen molar-refractivity contribution in [3.05, 3.63) is 63.6 Å². The fourth-order valence-corrected chi connectivity index (χ4v) is 3.72. The first-order valence-corrected chi connectivity index (χ1v) is 10.6. The molecule has 0 aromatic heterocycles. The summed E-state index contributed by atoms with van der Waals surface area (Å²) in [5.74, 6) is 0. The van der Waals surface area contributed by atoms with Crippen molar-refractivity contribution in [3.63, 3.8) is 0 Å². The van der Waals surface area contributed by atoms with E-state index in [1.165, 1.54) is 5.56 Å². The predicted octanol–water partition coefficient (Wildman–Crippen LogP) is 5.06. The zero-order valence-corrected chi connectivity index (χ0v) is 18.2. The van der Waals surface area contributed by atoms with Crippen LogP contribution in [-0.4, -0.2) is 55.2 Å². The van der Waals surface area contributed by atoms with Gasteiger partial charge >= 0.3 is 6.03 Å². The van der Waals surface area contributed by atoms with Gasteiger partial charge < -0.3 is 15.0 Å². The number of amides is 2. The molecule has 7 heteroatoms. The van der Waals surface area contributed by atoms with Crippen LogP contribution in [0.3, 0.4) is 0 Å². The molecule has 0 bridgehead atoms. The number of hydrogen-bond acceptors (Lipinski definition) is 3. The molecule has 1 N–H and O–H groups in total. The summed E-state index contributed by atoms with van der Waals surface area (Å²) in [5.41, 5.74) is 2.85. The van der Waals surface area contributed by atoms with Gasteiger partial charge in [-0.2, -0.15) is 0 Å². The summed E-state index contributed by atoms with van der Waals surface area (Å²) >= 11 is 12.2. The van der Waals surface area contributed by atoms with Crippen LogP contribution in [0.25, 0.3) is 0 Å². The minimum atomic E-state index is -0.170. The van der Waals surface area contributed by atoms with E-state index < -0.39 is 0 Å². The van der Waals surface area contributed by atoms with Gasteiger partial charge in [0.2, 0.25) is 0 Å². The van der Waals surface area contributed by atoms with Gasteiger partial charge in [-0.25, -0.2) is 4.79 Å². The number of benzene rings is 2. The van der Waals surface area contributed by atoms with Gasteiger partial charge in [-0.05, 0) is 37.1 Å². The molecule has 29 heavy (non-hydrogen) atoms. The van der Waals surface area contributed by atoms with Crippen LogP contribution >= 0.6 is 23.2 Å². The smallest absolute Gasteiger partial charge is 0.322 e. The molecule has 156 valence electrons. The highest BCUT2D eigenvalue weighted by Gasteiger charge is 2.17. The number of carbonyl (C=O) groups excluding carboxylic acids is 1. The van der Waals surface area contributed by atoms with Crippen molar-refractivity contribution in [1.82, 2.24) is 9.80 Å². The summed E-state index contributed by atoms with van der Waals surface area (Å²) in [5, 5.41) is 3.88. The summed E-state index contributed by atoms with van der Waals surface area (Å²) in [7, 11) is 0. The van der Waals surface area contributed by atoms with E-state index in [0.717, 1.165) is 44.8 Å². The number of nitrogens with one attached hydrogen (secondary N) is 1. The minimum Gasteiger partial charge on any atom is -0.379 e. The lowest BCUT2D eigenvalue weighted by atomic mass is 10.1. The molecule has 1 aliphatic rings. The van der Waals surface area contributed by atoms with Crippen molar-refractivity contribution in [2.24, 2.45) is 0 Å². The van der Waals surface area contributed by atoms with Gasteiger partial charge in [0.1, 0.15) is 0 Å². The number of hydrogen-bond donors (Lipinski definition) is 1. The zero-order chi connectivity index (χ0) is 20.6. The topological polar surface area (TPSA) is 44.8 Å². The average Bonchev–Trinajstić information content (AvgIpc) is 2.71. The first kappa shape index (κ1) is 21.9. The fourth-order valence-electron chi connectivity index (χ4n) is 3.26. The van der Waals surface area contributed by atoms with Gasteiger partial charge in [-0.1, -0.05) is 53.0 Å². The van der Waals surface area contributed by atoms with Gasteiger partial charge in [0, 0.05) is 37.7 Å². The maximum absolute atomic E-state index is 13.0. The Morgan fingerprint density at radius 1 is 1.14 bits per heavy atom. The molecule has 2 aromatic carbocycles. The van der Waals surface area contributed by atoms with Crippen LogP contribution in [0.15, 0.2) is 42.5 Å². The molecule has 0 atom stereocenters. The molecule has 2 amide bonds. The Bertz CT molecular complexity index is 808. The lowest BCUT2D eigenvalue weighted by Gasteiger charge is -2.28. The number of halogens is 2. The molecule has 3 rings (SSSR count). The highest BCUT2D eigenvalue weighted by molar-refractivity contribution is 6.36. The van der Waals surface area contributed by atoms with Gasteiger partial charge in [0.15, 0.2) is 0 Å². The molecule has 0 aliphatic carbocycles. The van der Waals surface area contributed by atoms with Crippen molar-refractivity contribution in [1.29, 1.82) is 0 Å². The number of anilines is 1. The Morgan fingerprint density at radius 3 is 2.55 bits per heavy atom. The largest absolute Gasteiger partial charge is 0.379 e. The summed E-state index contributed by atoms with van der Waals surface area (Å²) in [6, 6.07) is 13.1. The van der Waals surface area contributed by atoms with E-state index in [1.54, 1.807) is 18.2 Å². The third kappa shape index (κ3) is 6.89. The van der Waals surface area contributed by atoms with Crippen molar-refractivity contribution in [2.45, 2.75) is 19.9 Å². The summed E-state index contributed by atoms with van der Waals surface area (Å²) in [6.07, 6.45) is 0.896. The number of aryl methyl sites for hydroxylation is 1. The minimum absolute atomic E-state index is 0.170. The average molecular weight is 436 g/mol. The van der Waals surface area contributed by atoms with E-state index in [4.69, 9.17) is 27.9 Å². The number of rotatable bonds is 7. The highest BCUT2D eigenvalue weighted by Crippen LogP contribution is 2.25. The van der Waals surface area contributed by atoms with Gasteiger partial charge in [0.25, 0.3) is 0 Å². The molecule has 0 unspecified atom stereocenters. The van der Waals surface area contributed by atoms with Crippen molar-refractivity contribution < 1.29 is 9.53 Å². The monoisotopic (exact) mass is 435 g/mol. The second-order valence-corrected chi connectivity index (χ2v) is 8.11. The Balaban J connectivity index is 1.64. The first-order chi connectivity index (χ1) is 14.0. The van der Waals surface area contributed by atoms with Crippen LogP contribution in [-0.2, 0) is 11.3 Å².